The number of anilines is 1. The summed E-state index contributed by atoms with van der Waals surface area (Å²) in [4.78, 5) is 9.24. The summed E-state index contributed by atoms with van der Waals surface area (Å²) < 4.78 is 10.6. The molecule has 5 heteroatoms. The lowest BCUT2D eigenvalue weighted by atomic mass is 10.1. The van der Waals surface area contributed by atoms with Gasteiger partial charge in [-0.1, -0.05) is 18.2 Å². The number of rotatable bonds is 6. The number of benzene rings is 2. The number of hydrogen-bond donors (Lipinski definition) is 1. The third kappa shape index (κ3) is 3.40. The van der Waals surface area contributed by atoms with Crippen LogP contribution in [-0.4, -0.2) is 30.7 Å². The zero-order valence-electron chi connectivity index (χ0n) is 14.2. The Morgan fingerprint density at radius 2 is 1.62 bits per heavy atom. The number of ether oxygens (including phenoxy) is 2. The van der Waals surface area contributed by atoms with Gasteiger partial charge in [-0.15, -0.1) is 0 Å². The number of nitrogens with one attached hydrogen (secondary N) is 1. The minimum Gasteiger partial charge on any atom is -0.493 e. The smallest absolute Gasteiger partial charge is 0.160 e. The molecule has 0 amide bonds. The average Bonchev–Trinajstić information content (AvgIpc) is 2.62. The summed E-state index contributed by atoms with van der Waals surface area (Å²) in [6.07, 6.45) is 0.855. The lowest BCUT2D eigenvalue weighted by molar-refractivity contribution is 0.354. The fourth-order valence-corrected chi connectivity index (χ4v) is 2.62. The van der Waals surface area contributed by atoms with Gasteiger partial charge in [-0.05, 0) is 43.2 Å². The molecule has 0 unspecified atom stereocenters. The Kier molecular flexibility index (Phi) is 4.79. The van der Waals surface area contributed by atoms with Gasteiger partial charge in [0.05, 0.1) is 30.9 Å². The van der Waals surface area contributed by atoms with Gasteiger partial charge in [-0.2, -0.15) is 0 Å². The number of para-hydroxylation sites is 2. The second-order valence-electron chi connectivity index (χ2n) is 5.51. The van der Waals surface area contributed by atoms with E-state index in [0.29, 0.717) is 0 Å². The molecular formula is C19H21N3O2. The van der Waals surface area contributed by atoms with Crippen LogP contribution in [0.2, 0.25) is 0 Å². The monoisotopic (exact) mass is 323 g/mol. The molecule has 0 radical (unpaired) electrons. The number of nitrogens with zero attached hydrogens (tertiary/aromatic N) is 2. The summed E-state index contributed by atoms with van der Waals surface area (Å²) in [6.45, 7) is 2.74. The molecule has 5 nitrogen and oxygen atoms in total. The Bertz CT molecular complexity index is 849. The fraction of sp³-hybridized carbons (Fsp3) is 0.263. The summed E-state index contributed by atoms with van der Waals surface area (Å²) >= 11 is 0. The summed E-state index contributed by atoms with van der Waals surface area (Å²) in [5.41, 5.74) is 3.89. The van der Waals surface area contributed by atoms with Gasteiger partial charge < -0.3 is 14.8 Å². The van der Waals surface area contributed by atoms with Crippen LogP contribution in [-0.2, 0) is 6.42 Å². The van der Waals surface area contributed by atoms with Crippen molar-refractivity contribution in [1.82, 2.24) is 9.97 Å². The van der Waals surface area contributed by atoms with Gasteiger partial charge in [-0.25, -0.2) is 9.97 Å². The molecule has 0 saturated heterocycles. The summed E-state index contributed by atoms with van der Waals surface area (Å²) in [7, 11) is 3.29. The first kappa shape index (κ1) is 16.1. The van der Waals surface area contributed by atoms with Crippen molar-refractivity contribution in [2.75, 3.05) is 26.1 Å². The minimum absolute atomic E-state index is 0.741. The van der Waals surface area contributed by atoms with Crippen LogP contribution >= 0.6 is 0 Å². The Labute approximate surface area is 141 Å². The summed E-state index contributed by atoms with van der Waals surface area (Å²) in [6, 6.07) is 13.9. The molecule has 0 aliphatic heterocycles. The lowest BCUT2D eigenvalue weighted by Crippen LogP contribution is -2.09. The van der Waals surface area contributed by atoms with Gasteiger partial charge in [0.1, 0.15) is 5.82 Å². The molecule has 0 spiro atoms. The maximum atomic E-state index is 5.34. The fourth-order valence-electron chi connectivity index (χ4n) is 2.62. The van der Waals surface area contributed by atoms with Crippen LogP contribution in [0.15, 0.2) is 42.5 Å². The molecule has 1 N–H and O–H groups in total. The summed E-state index contributed by atoms with van der Waals surface area (Å²) in [5, 5.41) is 3.37. The van der Waals surface area contributed by atoms with Crippen LogP contribution < -0.4 is 14.8 Å². The van der Waals surface area contributed by atoms with E-state index in [2.05, 4.69) is 15.3 Å². The van der Waals surface area contributed by atoms with Gasteiger partial charge in [0.15, 0.2) is 11.5 Å². The van der Waals surface area contributed by atoms with Gasteiger partial charge in [-0.3, -0.25) is 0 Å². The number of fused-ring (bicyclic) bond motifs is 1. The molecule has 0 aliphatic rings. The van der Waals surface area contributed by atoms with Crippen molar-refractivity contribution in [2.45, 2.75) is 13.3 Å². The van der Waals surface area contributed by atoms with Crippen LogP contribution in [0.25, 0.3) is 11.0 Å². The third-order valence-electron chi connectivity index (χ3n) is 3.90. The average molecular weight is 323 g/mol. The third-order valence-corrected chi connectivity index (χ3v) is 3.90. The van der Waals surface area contributed by atoms with E-state index in [1.807, 2.05) is 49.4 Å². The van der Waals surface area contributed by atoms with E-state index in [1.165, 1.54) is 5.56 Å². The zero-order chi connectivity index (χ0) is 16.9. The molecule has 0 saturated carbocycles. The Hall–Kier alpha value is -2.82. The van der Waals surface area contributed by atoms with Crippen molar-refractivity contribution >= 4 is 16.9 Å². The van der Waals surface area contributed by atoms with E-state index in [-0.39, 0.29) is 0 Å². The predicted octanol–water partition coefficient (Wildman–Crippen LogP) is 3.61. The molecule has 0 atom stereocenters. The van der Waals surface area contributed by atoms with Crippen LogP contribution in [0.3, 0.4) is 0 Å². The molecule has 3 aromatic rings. The first-order valence-electron chi connectivity index (χ1n) is 7.89. The van der Waals surface area contributed by atoms with Crippen LogP contribution in [0.1, 0.15) is 11.3 Å². The normalized spacial score (nSPS) is 10.6. The number of methoxy groups -OCH3 is 2. The number of aryl methyl sites for hydroxylation is 1. The number of aromatic nitrogens is 2. The number of hydrogen-bond acceptors (Lipinski definition) is 5. The molecule has 0 bridgehead atoms. The second-order valence-corrected chi connectivity index (χ2v) is 5.51. The summed E-state index contributed by atoms with van der Waals surface area (Å²) in [5.74, 6) is 2.32. The molecule has 124 valence electrons. The Morgan fingerprint density at radius 1 is 0.917 bits per heavy atom. The highest BCUT2D eigenvalue weighted by molar-refractivity contribution is 5.76. The van der Waals surface area contributed by atoms with Crippen LogP contribution in [0, 0.1) is 6.92 Å². The zero-order valence-corrected chi connectivity index (χ0v) is 14.2. The molecule has 24 heavy (non-hydrogen) atoms. The van der Waals surface area contributed by atoms with E-state index in [9.17, 15) is 0 Å². The van der Waals surface area contributed by atoms with Gasteiger partial charge in [0.25, 0.3) is 0 Å². The quantitative estimate of drug-likeness (QED) is 0.751. The van der Waals surface area contributed by atoms with E-state index in [1.54, 1.807) is 14.2 Å². The predicted molar refractivity (Wildman–Crippen MR) is 96.0 cm³/mol. The van der Waals surface area contributed by atoms with Gasteiger partial charge >= 0.3 is 0 Å². The first-order valence-corrected chi connectivity index (χ1v) is 7.89. The van der Waals surface area contributed by atoms with Crippen LogP contribution in [0.5, 0.6) is 11.5 Å². The molecule has 1 heterocycles. The molecular weight excluding hydrogens is 302 g/mol. The maximum Gasteiger partial charge on any atom is 0.160 e. The molecule has 0 fully saturated rings. The van der Waals surface area contributed by atoms with Crippen molar-refractivity contribution < 1.29 is 9.47 Å². The van der Waals surface area contributed by atoms with E-state index in [0.717, 1.165) is 47.0 Å². The van der Waals surface area contributed by atoms with E-state index in [4.69, 9.17) is 9.47 Å². The maximum absolute atomic E-state index is 5.34. The molecule has 2 aromatic carbocycles. The highest BCUT2D eigenvalue weighted by atomic mass is 16.5. The molecule has 1 aromatic heterocycles. The SMILES string of the molecule is COc1ccc(CCNc2nc3ccccc3nc2C)cc1OC. The Balaban J connectivity index is 1.69. The van der Waals surface area contributed by atoms with Gasteiger partial charge in [0.2, 0.25) is 0 Å². The minimum atomic E-state index is 0.741. The van der Waals surface area contributed by atoms with Gasteiger partial charge in [0, 0.05) is 6.54 Å². The van der Waals surface area contributed by atoms with Crippen molar-refractivity contribution in [3.8, 4) is 11.5 Å². The Morgan fingerprint density at radius 3 is 2.33 bits per heavy atom. The van der Waals surface area contributed by atoms with Crippen LogP contribution in [0.4, 0.5) is 5.82 Å². The molecule has 3 rings (SSSR count). The van der Waals surface area contributed by atoms with Crippen molar-refractivity contribution in [3.05, 3.63) is 53.7 Å². The van der Waals surface area contributed by atoms with Crippen molar-refractivity contribution in [3.63, 3.8) is 0 Å². The van der Waals surface area contributed by atoms with E-state index >= 15 is 0 Å². The first-order chi connectivity index (χ1) is 11.7. The largest absolute Gasteiger partial charge is 0.493 e. The standard InChI is InChI=1S/C19H21N3O2/c1-13-19(22-16-7-5-4-6-15(16)21-13)20-11-10-14-8-9-17(23-2)18(12-14)24-3/h4-9,12H,10-11H2,1-3H3,(H,20,22). The van der Waals surface area contributed by atoms with Crippen molar-refractivity contribution in [1.29, 1.82) is 0 Å². The van der Waals surface area contributed by atoms with E-state index < -0.39 is 0 Å². The topological polar surface area (TPSA) is 56.3 Å². The highest BCUT2D eigenvalue weighted by Gasteiger charge is 2.06. The molecule has 0 aliphatic carbocycles. The second kappa shape index (κ2) is 7.17. The lowest BCUT2D eigenvalue weighted by Gasteiger charge is -2.11. The highest BCUT2D eigenvalue weighted by Crippen LogP contribution is 2.27. The van der Waals surface area contributed by atoms with Crippen molar-refractivity contribution in [2.24, 2.45) is 0 Å².